The number of amides is 2. The predicted molar refractivity (Wildman–Crippen MR) is 143 cm³/mol. The highest BCUT2D eigenvalue weighted by molar-refractivity contribution is 6.10. The summed E-state index contributed by atoms with van der Waals surface area (Å²) >= 11 is 0. The first-order chi connectivity index (χ1) is 19.1. The van der Waals surface area contributed by atoms with E-state index in [1.807, 2.05) is 6.07 Å². The minimum absolute atomic E-state index is 0.00793. The lowest BCUT2D eigenvalue weighted by Gasteiger charge is -2.30. The molecule has 2 aromatic rings. The maximum absolute atomic E-state index is 13.1. The fourth-order valence-electron chi connectivity index (χ4n) is 5.33. The summed E-state index contributed by atoms with van der Waals surface area (Å²) in [7, 11) is 1.19. The molecule has 1 aromatic heterocycles. The molecule has 13 nitrogen and oxygen atoms in total. The molecule has 1 fully saturated rings. The first-order valence-corrected chi connectivity index (χ1v) is 12.8. The van der Waals surface area contributed by atoms with Crippen molar-refractivity contribution in [3.63, 3.8) is 0 Å². The van der Waals surface area contributed by atoms with Crippen LogP contribution in [0.2, 0.25) is 0 Å². The SMILES string of the molecule is COC(=O)[C@]1(C(C)CN2C(=O)CNC(=O)c3cc(CCCOc4cc(C)nc(N)n4)ccc32)NC1(C=O)CC=O. The first-order valence-electron chi connectivity index (χ1n) is 12.8. The van der Waals surface area contributed by atoms with Gasteiger partial charge in [0.05, 0.1) is 31.5 Å². The van der Waals surface area contributed by atoms with E-state index >= 15 is 0 Å². The normalized spacial score (nSPS) is 22.4. The van der Waals surface area contributed by atoms with Gasteiger partial charge in [-0.15, -0.1) is 0 Å². The maximum atomic E-state index is 13.1. The topological polar surface area (TPSA) is 193 Å². The molecule has 3 heterocycles. The Morgan fingerprint density at radius 3 is 2.70 bits per heavy atom. The molecule has 0 saturated carbocycles. The third-order valence-electron chi connectivity index (χ3n) is 7.38. The van der Waals surface area contributed by atoms with Gasteiger partial charge >= 0.3 is 5.97 Å². The highest BCUT2D eigenvalue weighted by atomic mass is 16.5. The molecule has 1 saturated heterocycles. The predicted octanol–water partition coefficient (Wildman–Crippen LogP) is 0.133. The van der Waals surface area contributed by atoms with Crippen molar-refractivity contribution in [3.05, 3.63) is 41.1 Å². The number of aromatic nitrogens is 2. The van der Waals surface area contributed by atoms with Gasteiger partial charge in [-0.3, -0.25) is 14.9 Å². The van der Waals surface area contributed by atoms with Gasteiger partial charge in [-0.05, 0) is 37.5 Å². The van der Waals surface area contributed by atoms with Crippen molar-refractivity contribution in [1.82, 2.24) is 20.6 Å². The Morgan fingerprint density at radius 2 is 2.02 bits per heavy atom. The lowest BCUT2D eigenvalue weighted by atomic mass is 9.81. The summed E-state index contributed by atoms with van der Waals surface area (Å²) in [6.07, 6.45) is 2.09. The van der Waals surface area contributed by atoms with Crippen LogP contribution in [0.15, 0.2) is 24.3 Å². The van der Waals surface area contributed by atoms with E-state index in [9.17, 15) is 24.0 Å². The molecule has 2 aliphatic heterocycles. The van der Waals surface area contributed by atoms with Crippen LogP contribution in [0.3, 0.4) is 0 Å². The fraction of sp³-hybridized carbons (Fsp3) is 0.444. The quantitative estimate of drug-likeness (QED) is 0.140. The van der Waals surface area contributed by atoms with Gasteiger partial charge in [0, 0.05) is 30.6 Å². The standard InChI is InChI=1S/C27H32N6O7/c1-16(27(24(38)39-3)26(15-35,32-27)8-9-34)14-33-20-7-6-18(12-19(20)23(37)29-13-22(33)36)5-4-10-40-21-11-17(2)30-25(28)31-21/h6-7,9,11-12,15-16,32H,4-5,8,10,13-14H2,1-3H3,(H,29,37)(H2,28,30,31)/t16?,26?,27-/m0/s1. The molecule has 2 amide bonds. The van der Waals surface area contributed by atoms with E-state index in [1.165, 1.54) is 12.0 Å². The van der Waals surface area contributed by atoms with Crippen molar-refractivity contribution in [2.45, 2.75) is 44.2 Å². The molecule has 0 bridgehead atoms. The summed E-state index contributed by atoms with van der Waals surface area (Å²) in [6.45, 7) is 3.60. The molecule has 1 aromatic carbocycles. The van der Waals surface area contributed by atoms with Crippen LogP contribution < -0.4 is 26.0 Å². The maximum Gasteiger partial charge on any atom is 0.328 e. The van der Waals surface area contributed by atoms with E-state index in [1.54, 1.807) is 32.0 Å². The van der Waals surface area contributed by atoms with Gasteiger partial charge in [0.25, 0.3) is 5.91 Å². The summed E-state index contributed by atoms with van der Waals surface area (Å²) in [4.78, 5) is 71.5. The average Bonchev–Trinajstić information content (AvgIpc) is 3.63. The minimum Gasteiger partial charge on any atom is -0.478 e. The molecule has 2 aliphatic rings. The van der Waals surface area contributed by atoms with Crippen LogP contribution in [0.25, 0.3) is 0 Å². The number of nitrogens with one attached hydrogen (secondary N) is 2. The third-order valence-corrected chi connectivity index (χ3v) is 7.38. The summed E-state index contributed by atoms with van der Waals surface area (Å²) < 4.78 is 10.6. The summed E-state index contributed by atoms with van der Waals surface area (Å²) in [5.41, 5.74) is 4.99. The number of anilines is 2. The van der Waals surface area contributed by atoms with Crippen LogP contribution in [0.5, 0.6) is 5.88 Å². The zero-order valence-electron chi connectivity index (χ0n) is 22.6. The molecule has 3 atom stereocenters. The lowest BCUT2D eigenvalue weighted by molar-refractivity contribution is -0.146. The number of hydrogen-bond acceptors (Lipinski definition) is 11. The van der Waals surface area contributed by atoms with E-state index in [-0.39, 0.29) is 31.4 Å². The van der Waals surface area contributed by atoms with Gasteiger partial charge in [-0.25, -0.2) is 9.78 Å². The van der Waals surface area contributed by atoms with E-state index in [4.69, 9.17) is 15.2 Å². The number of fused-ring (bicyclic) bond motifs is 1. The second-order valence-corrected chi connectivity index (χ2v) is 9.98. The average molecular weight is 553 g/mol. The van der Waals surface area contributed by atoms with E-state index in [0.29, 0.717) is 54.8 Å². The first kappa shape index (κ1) is 28.6. The molecule has 0 radical (unpaired) electrons. The lowest BCUT2D eigenvalue weighted by Crippen LogP contribution is -2.49. The van der Waals surface area contributed by atoms with Crippen molar-refractivity contribution in [1.29, 1.82) is 0 Å². The van der Waals surface area contributed by atoms with Gasteiger partial charge in [-0.2, -0.15) is 4.98 Å². The van der Waals surface area contributed by atoms with Crippen molar-refractivity contribution in [2.24, 2.45) is 5.92 Å². The van der Waals surface area contributed by atoms with Gasteiger partial charge in [-0.1, -0.05) is 13.0 Å². The molecule has 4 rings (SSSR count). The van der Waals surface area contributed by atoms with Crippen molar-refractivity contribution in [2.75, 3.05) is 37.4 Å². The number of carbonyl (C=O) groups excluding carboxylic acids is 5. The van der Waals surface area contributed by atoms with E-state index in [2.05, 4.69) is 20.6 Å². The number of methoxy groups -OCH3 is 1. The molecular formula is C27H32N6O7. The zero-order chi connectivity index (χ0) is 29.1. The highest BCUT2D eigenvalue weighted by Gasteiger charge is 2.75. The number of aldehydes is 2. The van der Waals surface area contributed by atoms with Crippen LogP contribution >= 0.6 is 0 Å². The van der Waals surface area contributed by atoms with Gasteiger partial charge in [0.2, 0.25) is 17.7 Å². The van der Waals surface area contributed by atoms with Gasteiger partial charge in [0.1, 0.15) is 23.7 Å². The zero-order valence-corrected chi connectivity index (χ0v) is 22.6. The molecule has 0 aliphatic carbocycles. The Labute approximate surface area is 230 Å². The number of benzene rings is 1. The fourth-order valence-corrected chi connectivity index (χ4v) is 5.33. The van der Waals surface area contributed by atoms with Crippen LogP contribution in [-0.4, -0.2) is 78.2 Å². The van der Waals surface area contributed by atoms with E-state index in [0.717, 1.165) is 5.56 Å². The number of aryl methyl sites for hydroxylation is 2. The number of ether oxygens (including phenoxy) is 2. The highest BCUT2D eigenvalue weighted by Crippen LogP contribution is 2.47. The number of rotatable bonds is 12. The molecule has 40 heavy (non-hydrogen) atoms. The van der Waals surface area contributed by atoms with Crippen LogP contribution in [-0.2, 0) is 30.3 Å². The van der Waals surface area contributed by atoms with Crippen molar-refractivity contribution >= 4 is 42.0 Å². The molecule has 212 valence electrons. The van der Waals surface area contributed by atoms with Gasteiger partial charge in [0.15, 0.2) is 0 Å². The number of hydrogen-bond donors (Lipinski definition) is 3. The number of esters is 1. The minimum atomic E-state index is -1.48. The molecule has 13 heteroatoms. The Bertz CT molecular complexity index is 1330. The number of nitrogen functional groups attached to an aromatic ring is 1. The third kappa shape index (κ3) is 5.24. The second kappa shape index (κ2) is 11.4. The van der Waals surface area contributed by atoms with Crippen molar-refractivity contribution < 1.29 is 33.4 Å². The molecule has 0 spiro atoms. The molecular weight excluding hydrogens is 520 g/mol. The Morgan fingerprint density at radius 1 is 1.25 bits per heavy atom. The monoisotopic (exact) mass is 552 g/mol. The van der Waals surface area contributed by atoms with Gasteiger partial charge < -0.3 is 35.0 Å². The number of carbonyl (C=O) groups is 5. The van der Waals surface area contributed by atoms with Crippen LogP contribution in [0.4, 0.5) is 11.6 Å². The van der Waals surface area contributed by atoms with Crippen LogP contribution in [0, 0.1) is 12.8 Å². The van der Waals surface area contributed by atoms with Crippen LogP contribution in [0.1, 0.15) is 41.4 Å². The summed E-state index contributed by atoms with van der Waals surface area (Å²) in [6, 6.07) is 6.93. The van der Waals surface area contributed by atoms with E-state index < -0.39 is 28.9 Å². The second-order valence-electron chi connectivity index (χ2n) is 9.98. The smallest absolute Gasteiger partial charge is 0.328 e. The Kier molecular flexibility index (Phi) is 8.14. The number of nitrogens with zero attached hydrogens (tertiary/aromatic N) is 3. The molecule has 4 N–H and O–H groups in total. The summed E-state index contributed by atoms with van der Waals surface area (Å²) in [5.74, 6) is -1.62. The van der Waals surface area contributed by atoms with Crippen molar-refractivity contribution in [3.8, 4) is 5.88 Å². The molecule has 2 unspecified atom stereocenters. The Hall–Kier alpha value is -4.39. The number of nitrogens with two attached hydrogens (primary N) is 1. The summed E-state index contributed by atoms with van der Waals surface area (Å²) in [5, 5.41) is 5.51. The Balaban J connectivity index is 1.51. The largest absolute Gasteiger partial charge is 0.478 e.